The molecule has 2 rings (SSSR count). The van der Waals surface area contributed by atoms with Crippen molar-refractivity contribution in [2.75, 3.05) is 11.9 Å². The van der Waals surface area contributed by atoms with Crippen LogP contribution in [0.2, 0.25) is 0 Å². The average molecular weight is 289 g/mol. The molecule has 1 aromatic carbocycles. The zero-order valence-corrected chi connectivity index (χ0v) is 11.4. The average Bonchev–Trinajstić information content (AvgIpc) is 2.92. The number of amidine groups is 1. The first-order valence-electron chi connectivity index (χ1n) is 6.09. The van der Waals surface area contributed by atoms with E-state index in [9.17, 15) is 4.79 Å². The molecule has 1 aromatic heterocycles. The molecule has 0 saturated carbocycles. The van der Waals surface area contributed by atoms with Gasteiger partial charge >= 0.3 is 0 Å². The van der Waals surface area contributed by atoms with Gasteiger partial charge in [-0.05, 0) is 18.2 Å². The fourth-order valence-corrected chi connectivity index (χ4v) is 1.60. The first kappa shape index (κ1) is 14.4. The number of nitrogens with two attached hydrogens (primary N) is 1. The number of nitrogens with zero attached hydrogens (tertiary/aromatic N) is 3. The number of rotatable bonds is 5. The first-order chi connectivity index (χ1) is 10.1. The highest BCUT2D eigenvalue weighted by atomic mass is 16.5. The van der Waals surface area contributed by atoms with Crippen LogP contribution < -0.4 is 15.8 Å². The third kappa shape index (κ3) is 3.72. The van der Waals surface area contributed by atoms with Crippen molar-refractivity contribution in [3.63, 3.8) is 0 Å². The molecule has 1 heterocycles. The number of carbonyl (C=O) groups is 1. The number of amides is 1. The van der Waals surface area contributed by atoms with Gasteiger partial charge in [-0.1, -0.05) is 17.3 Å². The van der Waals surface area contributed by atoms with Gasteiger partial charge < -0.3 is 21.0 Å². The summed E-state index contributed by atoms with van der Waals surface area (Å²) in [5.74, 6) is -0.00955. The van der Waals surface area contributed by atoms with Gasteiger partial charge in [0.05, 0.1) is 5.69 Å². The van der Waals surface area contributed by atoms with E-state index in [-0.39, 0.29) is 18.3 Å². The van der Waals surface area contributed by atoms with E-state index in [0.29, 0.717) is 17.1 Å². The Balaban J connectivity index is 2.11. The van der Waals surface area contributed by atoms with Crippen molar-refractivity contribution < 1.29 is 14.7 Å². The van der Waals surface area contributed by atoms with Crippen LogP contribution >= 0.6 is 0 Å². The van der Waals surface area contributed by atoms with Crippen LogP contribution in [-0.2, 0) is 7.05 Å². The Hall–Kier alpha value is -3.03. The summed E-state index contributed by atoms with van der Waals surface area (Å²) in [5.41, 5.74) is 6.11. The van der Waals surface area contributed by atoms with E-state index in [4.69, 9.17) is 15.7 Å². The number of aromatic nitrogens is 2. The number of para-hydroxylation sites is 2. The fourth-order valence-electron chi connectivity index (χ4n) is 1.60. The van der Waals surface area contributed by atoms with Crippen molar-refractivity contribution in [2.45, 2.75) is 0 Å². The molecule has 0 radical (unpaired) electrons. The van der Waals surface area contributed by atoms with E-state index in [1.807, 2.05) is 0 Å². The van der Waals surface area contributed by atoms with Crippen LogP contribution in [0.4, 0.5) is 5.69 Å². The number of ether oxygens (including phenoxy) is 1. The van der Waals surface area contributed by atoms with Crippen LogP contribution in [0.15, 0.2) is 41.7 Å². The molecule has 110 valence electrons. The summed E-state index contributed by atoms with van der Waals surface area (Å²) in [6.45, 7) is -0.0903. The number of anilines is 1. The zero-order valence-electron chi connectivity index (χ0n) is 11.4. The Morgan fingerprint density at radius 3 is 2.90 bits per heavy atom. The normalized spacial score (nSPS) is 11.2. The Bertz CT molecular complexity index is 665. The number of oxime groups is 1. The lowest BCUT2D eigenvalue weighted by atomic mass is 10.3. The van der Waals surface area contributed by atoms with Crippen molar-refractivity contribution in [3.8, 4) is 5.75 Å². The Labute approximate surface area is 120 Å². The summed E-state index contributed by atoms with van der Waals surface area (Å²) in [7, 11) is 1.73. The first-order valence-corrected chi connectivity index (χ1v) is 6.09. The van der Waals surface area contributed by atoms with E-state index in [0.717, 1.165) is 0 Å². The van der Waals surface area contributed by atoms with E-state index in [1.165, 1.54) is 4.68 Å². The lowest BCUT2D eigenvalue weighted by Gasteiger charge is -2.11. The van der Waals surface area contributed by atoms with Gasteiger partial charge in [0.25, 0.3) is 5.91 Å². The van der Waals surface area contributed by atoms with Crippen LogP contribution in [0.25, 0.3) is 0 Å². The second-order valence-electron chi connectivity index (χ2n) is 4.20. The predicted octanol–water partition coefficient (Wildman–Crippen LogP) is 0.798. The number of carbonyl (C=O) groups excluding carboxylic acids is 1. The SMILES string of the molecule is Cn1ccc(C(=O)Nc2ccccc2OC/C(N)=N/O)n1. The van der Waals surface area contributed by atoms with Gasteiger partial charge in [-0.15, -0.1) is 0 Å². The molecule has 8 heteroatoms. The molecular formula is C13H15N5O3. The maximum atomic E-state index is 12.0. The van der Waals surface area contributed by atoms with Crippen LogP contribution in [-0.4, -0.2) is 33.3 Å². The van der Waals surface area contributed by atoms with Crippen molar-refractivity contribution in [3.05, 3.63) is 42.2 Å². The molecule has 0 aliphatic rings. The topological polar surface area (TPSA) is 115 Å². The fraction of sp³-hybridized carbons (Fsp3) is 0.154. The smallest absolute Gasteiger partial charge is 0.276 e. The zero-order chi connectivity index (χ0) is 15.2. The molecule has 0 fully saturated rings. The maximum Gasteiger partial charge on any atom is 0.276 e. The lowest BCUT2D eigenvalue weighted by Crippen LogP contribution is -2.21. The third-order valence-corrected chi connectivity index (χ3v) is 2.59. The number of hydrogen-bond donors (Lipinski definition) is 3. The van der Waals surface area contributed by atoms with Gasteiger partial charge in [0.15, 0.2) is 11.5 Å². The molecule has 8 nitrogen and oxygen atoms in total. The van der Waals surface area contributed by atoms with Crippen molar-refractivity contribution in [1.82, 2.24) is 9.78 Å². The monoisotopic (exact) mass is 289 g/mol. The van der Waals surface area contributed by atoms with E-state index < -0.39 is 0 Å². The summed E-state index contributed by atoms with van der Waals surface area (Å²) < 4.78 is 6.91. The predicted molar refractivity (Wildman–Crippen MR) is 76.5 cm³/mol. The van der Waals surface area contributed by atoms with Gasteiger partial charge in [0.2, 0.25) is 0 Å². The van der Waals surface area contributed by atoms with Crippen LogP contribution in [0.1, 0.15) is 10.5 Å². The van der Waals surface area contributed by atoms with Crippen molar-refractivity contribution in [1.29, 1.82) is 0 Å². The van der Waals surface area contributed by atoms with Crippen LogP contribution in [0.3, 0.4) is 0 Å². The molecule has 0 bridgehead atoms. The number of aryl methyl sites for hydroxylation is 1. The summed E-state index contributed by atoms with van der Waals surface area (Å²) in [5, 5.41) is 18.0. The van der Waals surface area contributed by atoms with Gasteiger partial charge in [-0.2, -0.15) is 5.10 Å². The minimum atomic E-state index is -0.351. The Morgan fingerprint density at radius 2 is 2.24 bits per heavy atom. The molecule has 0 atom stereocenters. The molecule has 0 saturated heterocycles. The maximum absolute atomic E-state index is 12.0. The van der Waals surface area contributed by atoms with Gasteiger partial charge in [-0.25, -0.2) is 0 Å². The van der Waals surface area contributed by atoms with Crippen LogP contribution in [0, 0.1) is 0 Å². The lowest BCUT2D eigenvalue weighted by molar-refractivity contribution is 0.102. The molecule has 21 heavy (non-hydrogen) atoms. The molecule has 2 aromatic rings. The van der Waals surface area contributed by atoms with Gasteiger partial charge in [0, 0.05) is 13.2 Å². The molecule has 0 aliphatic carbocycles. The number of hydrogen-bond acceptors (Lipinski definition) is 5. The Morgan fingerprint density at radius 1 is 1.48 bits per heavy atom. The minimum absolute atomic E-state index is 0.0687. The summed E-state index contributed by atoms with van der Waals surface area (Å²) in [6.07, 6.45) is 1.68. The number of nitrogens with one attached hydrogen (secondary N) is 1. The van der Waals surface area contributed by atoms with Crippen molar-refractivity contribution >= 4 is 17.4 Å². The highest BCUT2D eigenvalue weighted by Gasteiger charge is 2.12. The summed E-state index contributed by atoms with van der Waals surface area (Å²) in [6, 6.07) is 8.46. The molecule has 1 amide bonds. The largest absolute Gasteiger partial charge is 0.483 e. The van der Waals surface area contributed by atoms with E-state index in [2.05, 4.69) is 15.6 Å². The number of benzene rings is 1. The second kappa shape index (κ2) is 6.42. The highest BCUT2D eigenvalue weighted by Crippen LogP contribution is 2.24. The second-order valence-corrected chi connectivity index (χ2v) is 4.20. The third-order valence-electron chi connectivity index (χ3n) is 2.59. The molecule has 4 N–H and O–H groups in total. The van der Waals surface area contributed by atoms with Gasteiger partial charge in [0.1, 0.15) is 12.4 Å². The van der Waals surface area contributed by atoms with Crippen LogP contribution in [0.5, 0.6) is 5.75 Å². The Kier molecular flexibility index (Phi) is 4.39. The van der Waals surface area contributed by atoms with Crippen molar-refractivity contribution in [2.24, 2.45) is 17.9 Å². The highest BCUT2D eigenvalue weighted by molar-refractivity contribution is 6.03. The van der Waals surface area contributed by atoms with Gasteiger partial charge in [-0.3, -0.25) is 9.48 Å². The van der Waals surface area contributed by atoms with E-state index in [1.54, 1.807) is 43.6 Å². The molecular weight excluding hydrogens is 274 g/mol. The summed E-state index contributed by atoms with van der Waals surface area (Å²) >= 11 is 0. The van der Waals surface area contributed by atoms with E-state index >= 15 is 0 Å². The molecule has 0 spiro atoms. The standard InChI is InChI=1S/C13H15N5O3/c1-18-7-6-10(16-18)13(19)15-9-4-2-3-5-11(9)21-8-12(14)17-20/h2-7,20H,8H2,1H3,(H2,14,17)(H,15,19). The molecule has 0 unspecified atom stereocenters. The summed E-state index contributed by atoms with van der Waals surface area (Å²) in [4.78, 5) is 12.0. The molecule has 0 aliphatic heterocycles. The minimum Gasteiger partial charge on any atom is -0.483 e. The quantitative estimate of drug-likeness (QED) is 0.326.